The van der Waals surface area contributed by atoms with Gasteiger partial charge >= 0.3 is 0 Å². The molecule has 0 unspecified atom stereocenters. The lowest BCUT2D eigenvalue weighted by Crippen LogP contribution is -1.96. The fraction of sp³-hybridized carbons (Fsp3) is 0.111. The van der Waals surface area contributed by atoms with Gasteiger partial charge in [-0.25, -0.2) is 8.78 Å². The van der Waals surface area contributed by atoms with Crippen molar-refractivity contribution in [2.24, 2.45) is 0 Å². The molecule has 1 aromatic carbocycles. The second kappa shape index (κ2) is 3.87. The van der Waals surface area contributed by atoms with E-state index in [1.807, 2.05) is 0 Å². The molecule has 1 rings (SSSR count). The first-order valence-corrected chi connectivity index (χ1v) is 3.50. The Labute approximate surface area is 74.0 Å². The molecule has 0 aliphatic carbocycles. The van der Waals surface area contributed by atoms with Gasteiger partial charge in [0.2, 0.25) is 0 Å². The Bertz CT molecular complexity index is 379. The normalized spacial score (nSPS) is 9.15. The molecule has 3 N–H and O–H groups in total. The fourth-order valence-corrected chi connectivity index (χ4v) is 0.796. The van der Waals surface area contributed by atoms with Crippen LogP contribution in [0.25, 0.3) is 0 Å². The molecule has 0 bridgehead atoms. The van der Waals surface area contributed by atoms with Gasteiger partial charge in [0.25, 0.3) is 0 Å². The van der Waals surface area contributed by atoms with Gasteiger partial charge in [0.05, 0.1) is 11.3 Å². The van der Waals surface area contributed by atoms with Gasteiger partial charge in [-0.05, 0) is 12.1 Å². The molecule has 0 radical (unpaired) electrons. The zero-order valence-corrected chi connectivity index (χ0v) is 6.64. The largest absolute Gasteiger partial charge is 0.396 e. The molecule has 0 saturated carbocycles. The van der Waals surface area contributed by atoms with Crippen LogP contribution in [0.15, 0.2) is 12.1 Å². The number of halogens is 2. The number of nitrogens with two attached hydrogens (primary N) is 1. The molecule has 0 aromatic heterocycles. The van der Waals surface area contributed by atoms with Crippen LogP contribution in [-0.4, -0.2) is 11.7 Å². The molecule has 68 valence electrons. The number of rotatable bonds is 0. The molecule has 2 nitrogen and oxygen atoms in total. The molecular formula is C9H7F2NO. The summed E-state index contributed by atoms with van der Waals surface area (Å²) in [6.45, 7) is -0.397. The summed E-state index contributed by atoms with van der Waals surface area (Å²) in [6, 6.07) is 2.48. The van der Waals surface area contributed by atoms with Crippen molar-refractivity contribution >= 4 is 5.69 Å². The van der Waals surface area contributed by atoms with Gasteiger partial charge in [0.15, 0.2) is 11.6 Å². The summed E-state index contributed by atoms with van der Waals surface area (Å²) in [5, 5.41) is 8.33. The first kappa shape index (κ1) is 9.49. The van der Waals surface area contributed by atoms with Gasteiger partial charge < -0.3 is 10.8 Å². The molecule has 0 aliphatic rings. The maximum Gasteiger partial charge on any atom is 0.182 e. The molecule has 0 spiro atoms. The maximum absolute atomic E-state index is 12.9. The zero-order chi connectivity index (χ0) is 9.84. The predicted molar refractivity (Wildman–Crippen MR) is 44.7 cm³/mol. The van der Waals surface area contributed by atoms with Crippen molar-refractivity contribution in [3.63, 3.8) is 0 Å². The first-order chi connectivity index (χ1) is 6.16. The molecule has 0 fully saturated rings. The average Bonchev–Trinajstić information content (AvgIpc) is 2.13. The monoisotopic (exact) mass is 183 g/mol. The number of benzene rings is 1. The van der Waals surface area contributed by atoms with Crippen LogP contribution >= 0.6 is 0 Å². The van der Waals surface area contributed by atoms with Crippen LogP contribution < -0.4 is 5.73 Å². The third-order valence-electron chi connectivity index (χ3n) is 1.41. The lowest BCUT2D eigenvalue weighted by atomic mass is 10.2. The van der Waals surface area contributed by atoms with Crippen LogP contribution in [0.3, 0.4) is 0 Å². The summed E-state index contributed by atoms with van der Waals surface area (Å²) in [7, 11) is 0. The Kier molecular flexibility index (Phi) is 2.83. The third-order valence-corrected chi connectivity index (χ3v) is 1.41. The topological polar surface area (TPSA) is 46.2 Å². The van der Waals surface area contributed by atoms with E-state index < -0.39 is 18.2 Å². The number of aliphatic hydroxyl groups is 1. The molecule has 0 amide bonds. The van der Waals surface area contributed by atoms with Crippen LogP contribution in [0.2, 0.25) is 0 Å². The van der Waals surface area contributed by atoms with Gasteiger partial charge in [-0.15, -0.1) is 0 Å². The van der Waals surface area contributed by atoms with Gasteiger partial charge in [-0.3, -0.25) is 0 Å². The Morgan fingerprint density at radius 3 is 2.62 bits per heavy atom. The van der Waals surface area contributed by atoms with E-state index in [1.54, 1.807) is 0 Å². The number of hydrogen-bond acceptors (Lipinski definition) is 2. The van der Waals surface area contributed by atoms with Crippen LogP contribution in [0, 0.1) is 23.5 Å². The summed E-state index contributed by atoms with van der Waals surface area (Å²) in [5.74, 6) is 2.28. The van der Waals surface area contributed by atoms with Crippen molar-refractivity contribution in [1.82, 2.24) is 0 Å². The second-order valence-electron chi connectivity index (χ2n) is 2.29. The molecule has 0 heterocycles. The Balaban J connectivity index is 3.18. The molecule has 4 heteroatoms. The van der Waals surface area contributed by atoms with Crippen LogP contribution in [0.4, 0.5) is 14.5 Å². The van der Waals surface area contributed by atoms with E-state index in [4.69, 9.17) is 10.8 Å². The Morgan fingerprint density at radius 2 is 2.00 bits per heavy atom. The molecule has 0 atom stereocenters. The van der Waals surface area contributed by atoms with Gasteiger partial charge in [0, 0.05) is 0 Å². The highest BCUT2D eigenvalue weighted by atomic mass is 19.2. The Morgan fingerprint density at radius 1 is 1.31 bits per heavy atom. The van der Waals surface area contributed by atoms with Crippen molar-refractivity contribution in [3.05, 3.63) is 29.3 Å². The molecular weight excluding hydrogens is 176 g/mol. The quantitative estimate of drug-likeness (QED) is 0.463. The highest BCUT2D eigenvalue weighted by Crippen LogP contribution is 2.16. The van der Waals surface area contributed by atoms with Crippen molar-refractivity contribution in [2.75, 3.05) is 12.3 Å². The standard InChI is InChI=1S/C9H7F2NO/c10-8-6(2-1-5-13)3-4-7(12)9(8)11/h3-4,13H,5,12H2. The van der Waals surface area contributed by atoms with Gasteiger partial charge in [0.1, 0.15) is 6.61 Å². The zero-order valence-electron chi connectivity index (χ0n) is 6.64. The van der Waals surface area contributed by atoms with E-state index in [1.165, 1.54) is 12.1 Å². The van der Waals surface area contributed by atoms with Crippen molar-refractivity contribution in [1.29, 1.82) is 0 Å². The molecule has 0 saturated heterocycles. The van der Waals surface area contributed by atoms with Crippen LogP contribution in [0.5, 0.6) is 0 Å². The SMILES string of the molecule is Nc1ccc(C#CCO)c(F)c1F. The smallest absolute Gasteiger partial charge is 0.182 e. The first-order valence-electron chi connectivity index (χ1n) is 3.50. The number of hydrogen-bond donors (Lipinski definition) is 2. The summed E-state index contributed by atoms with van der Waals surface area (Å²) in [5.41, 5.74) is 4.74. The van der Waals surface area contributed by atoms with Crippen molar-refractivity contribution < 1.29 is 13.9 Å². The summed E-state index contributed by atoms with van der Waals surface area (Å²) in [4.78, 5) is 0. The Hall–Kier alpha value is -1.60. The number of anilines is 1. The number of aliphatic hydroxyl groups excluding tert-OH is 1. The minimum absolute atomic E-state index is 0.110. The minimum atomic E-state index is -1.11. The molecule has 13 heavy (non-hydrogen) atoms. The minimum Gasteiger partial charge on any atom is -0.396 e. The fourth-order valence-electron chi connectivity index (χ4n) is 0.796. The van der Waals surface area contributed by atoms with Crippen LogP contribution in [-0.2, 0) is 0 Å². The third kappa shape index (κ3) is 1.95. The maximum atomic E-state index is 12.9. The van der Waals surface area contributed by atoms with E-state index in [0.29, 0.717) is 0 Å². The summed E-state index contributed by atoms with van der Waals surface area (Å²) >= 11 is 0. The highest BCUT2D eigenvalue weighted by Gasteiger charge is 2.09. The van der Waals surface area contributed by atoms with Crippen molar-refractivity contribution in [3.8, 4) is 11.8 Å². The van der Waals surface area contributed by atoms with E-state index in [9.17, 15) is 8.78 Å². The van der Waals surface area contributed by atoms with Crippen molar-refractivity contribution in [2.45, 2.75) is 0 Å². The number of nitrogen functional groups attached to an aromatic ring is 1. The molecule has 0 aliphatic heterocycles. The van der Waals surface area contributed by atoms with E-state index >= 15 is 0 Å². The second-order valence-corrected chi connectivity index (χ2v) is 2.29. The van der Waals surface area contributed by atoms with E-state index in [-0.39, 0.29) is 11.3 Å². The van der Waals surface area contributed by atoms with Gasteiger partial charge in [-0.2, -0.15) is 0 Å². The lowest BCUT2D eigenvalue weighted by Gasteiger charge is -1.98. The van der Waals surface area contributed by atoms with Gasteiger partial charge in [-0.1, -0.05) is 11.8 Å². The lowest BCUT2D eigenvalue weighted by molar-refractivity contribution is 0.350. The predicted octanol–water partition coefficient (Wildman–Crippen LogP) is 0.891. The average molecular weight is 183 g/mol. The molecule has 1 aromatic rings. The summed E-state index contributed by atoms with van der Waals surface area (Å²) in [6.07, 6.45) is 0. The van der Waals surface area contributed by atoms with E-state index in [2.05, 4.69) is 11.8 Å². The van der Waals surface area contributed by atoms with E-state index in [0.717, 1.165) is 0 Å². The van der Waals surface area contributed by atoms with Crippen LogP contribution in [0.1, 0.15) is 5.56 Å². The highest BCUT2D eigenvalue weighted by molar-refractivity contribution is 5.47. The summed E-state index contributed by atoms with van der Waals surface area (Å²) < 4.78 is 25.7.